The predicted octanol–water partition coefficient (Wildman–Crippen LogP) is 3.21. The van der Waals surface area contributed by atoms with Gasteiger partial charge in [-0.1, -0.05) is 6.07 Å². The molecule has 4 nitrogen and oxygen atoms in total. The maximum atomic E-state index is 5.81. The molecule has 0 aliphatic rings. The Morgan fingerprint density at radius 3 is 2.59 bits per heavy atom. The van der Waals surface area contributed by atoms with Gasteiger partial charge in [0.05, 0.1) is 18.0 Å². The summed E-state index contributed by atoms with van der Waals surface area (Å²) in [5.74, 6) is 0.881. The number of hydrogen-bond acceptors (Lipinski definition) is 3. The van der Waals surface area contributed by atoms with E-state index in [4.69, 9.17) is 15.5 Å². The van der Waals surface area contributed by atoms with Crippen LogP contribution >= 0.6 is 0 Å². The minimum Gasteiger partial charge on any atom is -0.494 e. The second-order valence-electron chi connectivity index (χ2n) is 5.26. The molecule has 0 radical (unpaired) electrons. The van der Waals surface area contributed by atoms with Gasteiger partial charge in [0.1, 0.15) is 11.4 Å². The van der Waals surface area contributed by atoms with Gasteiger partial charge in [0.2, 0.25) is 0 Å². The molecular formula is C18H21N3O. The van der Waals surface area contributed by atoms with Crippen LogP contribution < -0.4 is 10.5 Å². The number of fused-ring (bicyclic) bond motifs is 1. The summed E-state index contributed by atoms with van der Waals surface area (Å²) in [6.45, 7) is 5.35. The number of imidazole rings is 1. The first-order valence-electron chi connectivity index (χ1n) is 7.65. The van der Waals surface area contributed by atoms with Gasteiger partial charge in [0.25, 0.3) is 0 Å². The summed E-state index contributed by atoms with van der Waals surface area (Å²) < 4.78 is 7.70. The highest BCUT2D eigenvalue weighted by atomic mass is 16.5. The first-order chi connectivity index (χ1) is 10.7. The molecule has 0 saturated heterocycles. The molecule has 0 fully saturated rings. The van der Waals surface area contributed by atoms with Crippen LogP contribution in [-0.2, 0) is 6.42 Å². The van der Waals surface area contributed by atoms with E-state index >= 15 is 0 Å². The Labute approximate surface area is 130 Å². The predicted molar refractivity (Wildman–Crippen MR) is 89.3 cm³/mol. The number of aromatic nitrogens is 2. The molecule has 2 N–H and O–H groups in total. The fraction of sp³-hybridized carbons (Fsp3) is 0.278. The summed E-state index contributed by atoms with van der Waals surface area (Å²) in [7, 11) is 0. The Kier molecular flexibility index (Phi) is 4.11. The van der Waals surface area contributed by atoms with E-state index in [1.165, 1.54) is 11.4 Å². The number of hydrogen-bond donors (Lipinski definition) is 1. The third-order valence-corrected chi connectivity index (χ3v) is 3.75. The SMILES string of the molecule is CCOc1ccc(-c2nc3cccc(C)n3c2CCN)cc1. The Balaban J connectivity index is 2.13. The number of aryl methyl sites for hydroxylation is 1. The topological polar surface area (TPSA) is 52.5 Å². The third-order valence-electron chi connectivity index (χ3n) is 3.75. The van der Waals surface area contributed by atoms with Crippen molar-refractivity contribution in [2.45, 2.75) is 20.3 Å². The molecule has 0 amide bonds. The van der Waals surface area contributed by atoms with Crippen molar-refractivity contribution in [2.24, 2.45) is 5.73 Å². The summed E-state index contributed by atoms with van der Waals surface area (Å²) >= 11 is 0. The highest BCUT2D eigenvalue weighted by Crippen LogP contribution is 2.27. The monoisotopic (exact) mass is 295 g/mol. The van der Waals surface area contributed by atoms with Crippen molar-refractivity contribution in [2.75, 3.05) is 13.2 Å². The average molecular weight is 295 g/mol. The second kappa shape index (κ2) is 6.20. The molecule has 2 aromatic heterocycles. The van der Waals surface area contributed by atoms with E-state index in [0.29, 0.717) is 13.2 Å². The Morgan fingerprint density at radius 1 is 1.14 bits per heavy atom. The highest BCUT2D eigenvalue weighted by molar-refractivity contribution is 5.67. The first-order valence-corrected chi connectivity index (χ1v) is 7.65. The molecule has 0 aliphatic heterocycles. The van der Waals surface area contributed by atoms with E-state index in [9.17, 15) is 0 Å². The van der Waals surface area contributed by atoms with Crippen LogP contribution in [0.4, 0.5) is 0 Å². The molecule has 2 heterocycles. The van der Waals surface area contributed by atoms with Gasteiger partial charge in [-0.3, -0.25) is 0 Å². The molecule has 3 aromatic rings. The molecule has 0 atom stereocenters. The van der Waals surface area contributed by atoms with E-state index in [1.54, 1.807) is 0 Å². The Hall–Kier alpha value is -2.33. The van der Waals surface area contributed by atoms with Gasteiger partial charge in [-0.15, -0.1) is 0 Å². The minimum absolute atomic E-state index is 0.603. The molecule has 1 aromatic carbocycles. The summed E-state index contributed by atoms with van der Waals surface area (Å²) in [5, 5.41) is 0. The van der Waals surface area contributed by atoms with E-state index < -0.39 is 0 Å². The van der Waals surface area contributed by atoms with E-state index in [2.05, 4.69) is 29.5 Å². The number of pyridine rings is 1. The van der Waals surface area contributed by atoms with E-state index in [0.717, 1.165) is 29.1 Å². The lowest BCUT2D eigenvalue weighted by Gasteiger charge is -2.07. The largest absolute Gasteiger partial charge is 0.494 e. The average Bonchev–Trinajstić information content (AvgIpc) is 2.89. The van der Waals surface area contributed by atoms with Crippen molar-refractivity contribution in [3.05, 3.63) is 53.9 Å². The van der Waals surface area contributed by atoms with Crippen LogP contribution in [0.3, 0.4) is 0 Å². The molecule has 0 spiro atoms. The van der Waals surface area contributed by atoms with Gasteiger partial charge in [-0.2, -0.15) is 0 Å². The lowest BCUT2D eigenvalue weighted by atomic mass is 10.1. The van der Waals surface area contributed by atoms with Gasteiger partial charge in [-0.25, -0.2) is 4.98 Å². The first kappa shape index (κ1) is 14.6. The molecule has 4 heteroatoms. The van der Waals surface area contributed by atoms with Gasteiger partial charge in [0, 0.05) is 17.7 Å². The smallest absolute Gasteiger partial charge is 0.137 e. The fourth-order valence-corrected chi connectivity index (χ4v) is 2.80. The van der Waals surface area contributed by atoms with Crippen LogP contribution in [0.5, 0.6) is 5.75 Å². The minimum atomic E-state index is 0.603. The Morgan fingerprint density at radius 2 is 1.91 bits per heavy atom. The zero-order valence-corrected chi connectivity index (χ0v) is 13.0. The standard InChI is InChI=1S/C18H21N3O/c1-3-22-15-9-7-14(8-10-15)18-16(11-12-19)21-13(2)5-4-6-17(21)20-18/h4-10H,3,11-12,19H2,1-2H3. The van der Waals surface area contributed by atoms with E-state index in [1.807, 2.05) is 31.2 Å². The number of ether oxygens (including phenoxy) is 1. The zero-order chi connectivity index (χ0) is 15.5. The van der Waals surface area contributed by atoms with Crippen LogP contribution in [-0.4, -0.2) is 22.5 Å². The molecule has 114 valence electrons. The van der Waals surface area contributed by atoms with Crippen molar-refractivity contribution in [3.63, 3.8) is 0 Å². The van der Waals surface area contributed by atoms with Gasteiger partial charge < -0.3 is 14.9 Å². The van der Waals surface area contributed by atoms with Crippen molar-refractivity contribution in [1.82, 2.24) is 9.38 Å². The van der Waals surface area contributed by atoms with Crippen molar-refractivity contribution in [1.29, 1.82) is 0 Å². The highest BCUT2D eigenvalue weighted by Gasteiger charge is 2.14. The normalized spacial score (nSPS) is 11.0. The maximum Gasteiger partial charge on any atom is 0.137 e. The third kappa shape index (κ3) is 2.57. The van der Waals surface area contributed by atoms with Gasteiger partial charge >= 0.3 is 0 Å². The number of nitrogens with zero attached hydrogens (tertiary/aromatic N) is 2. The molecule has 0 unspecified atom stereocenters. The molecule has 0 bridgehead atoms. The molecule has 22 heavy (non-hydrogen) atoms. The summed E-state index contributed by atoms with van der Waals surface area (Å²) in [6, 6.07) is 14.3. The van der Waals surface area contributed by atoms with Crippen LogP contribution in [0.1, 0.15) is 18.3 Å². The van der Waals surface area contributed by atoms with Crippen LogP contribution in [0.2, 0.25) is 0 Å². The van der Waals surface area contributed by atoms with Crippen LogP contribution in [0.15, 0.2) is 42.5 Å². The zero-order valence-electron chi connectivity index (χ0n) is 13.0. The molecule has 0 aliphatic carbocycles. The second-order valence-corrected chi connectivity index (χ2v) is 5.26. The lowest BCUT2D eigenvalue weighted by Crippen LogP contribution is -2.07. The molecule has 3 rings (SSSR count). The number of rotatable bonds is 5. The lowest BCUT2D eigenvalue weighted by molar-refractivity contribution is 0.340. The quantitative estimate of drug-likeness (QED) is 0.786. The van der Waals surface area contributed by atoms with Crippen molar-refractivity contribution < 1.29 is 4.74 Å². The molecule has 0 saturated carbocycles. The Bertz CT molecular complexity index is 775. The van der Waals surface area contributed by atoms with E-state index in [-0.39, 0.29) is 0 Å². The molecular weight excluding hydrogens is 274 g/mol. The van der Waals surface area contributed by atoms with Gasteiger partial charge in [0.15, 0.2) is 0 Å². The van der Waals surface area contributed by atoms with Crippen LogP contribution in [0, 0.1) is 6.92 Å². The fourth-order valence-electron chi connectivity index (χ4n) is 2.80. The van der Waals surface area contributed by atoms with Crippen molar-refractivity contribution >= 4 is 5.65 Å². The number of nitrogens with two attached hydrogens (primary N) is 1. The van der Waals surface area contributed by atoms with Crippen molar-refractivity contribution in [3.8, 4) is 17.0 Å². The summed E-state index contributed by atoms with van der Waals surface area (Å²) in [4.78, 5) is 4.80. The summed E-state index contributed by atoms with van der Waals surface area (Å²) in [6.07, 6.45) is 0.800. The van der Waals surface area contributed by atoms with Crippen LogP contribution in [0.25, 0.3) is 16.9 Å². The summed E-state index contributed by atoms with van der Waals surface area (Å²) in [5.41, 5.74) is 11.2. The van der Waals surface area contributed by atoms with Gasteiger partial charge in [-0.05, 0) is 56.8 Å². The number of benzene rings is 1. The maximum absolute atomic E-state index is 5.81.